The van der Waals surface area contributed by atoms with Crippen molar-refractivity contribution >= 4 is 11.7 Å². The van der Waals surface area contributed by atoms with E-state index in [0.717, 1.165) is 17.1 Å². The number of carbonyl (C=O) groups excluding carboxylic acids is 1. The van der Waals surface area contributed by atoms with Crippen molar-refractivity contribution in [2.45, 2.75) is 26.5 Å². The molecule has 0 radical (unpaired) electrons. The largest absolute Gasteiger partial charge is 0.491 e. The van der Waals surface area contributed by atoms with E-state index >= 15 is 0 Å². The van der Waals surface area contributed by atoms with Crippen LogP contribution in [0.15, 0.2) is 36.4 Å². The van der Waals surface area contributed by atoms with Gasteiger partial charge in [-0.2, -0.15) is 0 Å². The lowest BCUT2D eigenvalue weighted by Gasteiger charge is -2.10. The standard InChI is InChI=1S/C16H20N2O3/c1-11(2)21-14-7-4-12(5-8-14)17-10-13-6-9-15(18-13)16(19)20-3/h4-9,11,17-18H,10H2,1-3H3. The van der Waals surface area contributed by atoms with Gasteiger partial charge in [-0.3, -0.25) is 0 Å². The van der Waals surface area contributed by atoms with Gasteiger partial charge in [-0.1, -0.05) is 0 Å². The average Bonchev–Trinajstić information content (AvgIpc) is 2.94. The lowest BCUT2D eigenvalue weighted by atomic mass is 10.3. The Labute approximate surface area is 124 Å². The molecule has 2 N–H and O–H groups in total. The van der Waals surface area contributed by atoms with E-state index in [1.807, 2.05) is 44.2 Å². The summed E-state index contributed by atoms with van der Waals surface area (Å²) in [6.45, 7) is 4.59. The number of benzene rings is 1. The summed E-state index contributed by atoms with van der Waals surface area (Å²) in [5.41, 5.74) is 2.35. The smallest absolute Gasteiger partial charge is 0.354 e. The predicted molar refractivity (Wildman–Crippen MR) is 81.7 cm³/mol. The molecule has 0 unspecified atom stereocenters. The number of H-pyrrole nitrogens is 1. The molecule has 112 valence electrons. The van der Waals surface area contributed by atoms with Crippen molar-refractivity contribution in [3.05, 3.63) is 47.8 Å². The summed E-state index contributed by atoms with van der Waals surface area (Å²) in [5.74, 6) is 0.486. The molecule has 21 heavy (non-hydrogen) atoms. The summed E-state index contributed by atoms with van der Waals surface area (Å²) in [4.78, 5) is 14.3. The van der Waals surface area contributed by atoms with Crippen molar-refractivity contribution in [1.29, 1.82) is 0 Å². The Morgan fingerprint density at radius 3 is 2.52 bits per heavy atom. The summed E-state index contributed by atoms with van der Waals surface area (Å²) in [5, 5.41) is 3.27. The summed E-state index contributed by atoms with van der Waals surface area (Å²) in [6, 6.07) is 11.3. The first-order valence-electron chi connectivity index (χ1n) is 6.85. The molecule has 0 amide bonds. The van der Waals surface area contributed by atoms with E-state index in [1.165, 1.54) is 7.11 Å². The van der Waals surface area contributed by atoms with E-state index < -0.39 is 0 Å². The third-order valence-corrected chi connectivity index (χ3v) is 2.86. The van der Waals surface area contributed by atoms with Gasteiger partial charge in [-0.05, 0) is 50.2 Å². The topological polar surface area (TPSA) is 63.4 Å². The van der Waals surface area contributed by atoms with Crippen LogP contribution in [0.4, 0.5) is 5.69 Å². The maximum atomic E-state index is 11.3. The molecule has 0 bridgehead atoms. The highest BCUT2D eigenvalue weighted by atomic mass is 16.5. The minimum atomic E-state index is -0.364. The molecule has 5 nitrogen and oxygen atoms in total. The molecule has 0 aliphatic rings. The van der Waals surface area contributed by atoms with Gasteiger partial charge in [0.05, 0.1) is 19.8 Å². The van der Waals surface area contributed by atoms with Gasteiger partial charge in [-0.15, -0.1) is 0 Å². The first-order valence-corrected chi connectivity index (χ1v) is 6.85. The van der Waals surface area contributed by atoms with Crippen LogP contribution in [0.2, 0.25) is 0 Å². The van der Waals surface area contributed by atoms with E-state index in [1.54, 1.807) is 6.07 Å². The number of anilines is 1. The van der Waals surface area contributed by atoms with Crippen molar-refractivity contribution in [2.24, 2.45) is 0 Å². The molecule has 0 fully saturated rings. The SMILES string of the molecule is COC(=O)c1ccc(CNc2ccc(OC(C)C)cc2)[nH]1. The molecule has 2 rings (SSSR count). The van der Waals surface area contributed by atoms with Crippen LogP contribution in [-0.2, 0) is 11.3 Å². The number of ether oxygens (including phenoxy) is 2. The van der Waals surface area contributed by atoms with Crippen molar-refractivity contribution in [1.82, 2.24) is 4.98 Å². The Morgan fingerprint density at radius 1 is 1.19 bits per heavy atom. The Hall–Kier alpha value is -2.43. The molecule has 0 spiro atoms. The number of aromatic nitrogens is 1. The Balaban J connectivity index is 1.90. The lowest BCUT2D eigenvalue weighted by molar-refractivity contribution is 0.0594. The van der Waals surface area contributed by atoms with Crippen LogP contribution >= 0.6 is 0 Å². The van der Waals surface area contributed by atoms with E-state index in [0.29, 0.717) is 12.2 Å². The monoisotopic (exact) mass is 288 g/mol. The van der Waals surface area contributed by atoms with Crippen LogP contribution in [0, 0.1) is 0 Å². The number of hydrogen-bond donors (Lipinski definition) is 2. The summed E-state index contributed by atoms with van der Waals surface area (Å²) >= 11 is 0. The minimum Gasteiger partial charge on any atom is -0.491 e. The fraction of sp³-hybridized carbons (Fsp3) is 0.312. The van der Waals surface area contributed by atoms with E-state index in [-0.39, 0.29) is 12.1 Å². The molecule has 0 saturated heterocycles. The van der Waals surface area contributed by atoms with E-state index in [2.05, 4.69) is 15.0 Å². The summed E-state index contributed by atoms with van der Waals surface area (Å²) in [7, 11) is 1.36. The molecule has 0 aliphatic carbocycles. The average molecular weight is 288 g/mol. The van der Waals surface area contributed by atoms with Gasteiger partial charge in [0.1, 0.15) is 11.4 Å². The molecule has 0 atom stereocenters. The van der Waals surface area contributed by atoms with Crippen molar-refractivity contribution in [3.63, 3.8) is 0 Å². The Bertz CT molecular complexity index is 588. The molecular weight excluding hydrogens is 268 g/mol. The third-order valence-electron chi connectivity index (χ3n) is 2.86. The quantitative estimate of drug-likeness (QED) is 0.801. The third kappa shape index (κ3) is 4.27. The van der Waals surface area contributed by atoms with Gasteiger partial charge in [-0.25, -0.2) is 4.79 Å². The maximum absolute atomic E-state index is 11.3. The van der Waals surface area contributed by atoms with Gasteiger partial charge in [0, 0.05) is 11.4 Å². The van der Waals surface area contributed by atoms with Gasteiger partial charge < -0.3 is 19.8 Å². The first kappa shape index (κ1) is 15.0. The number of methoxy groups -OCH3 is 1. The van der Waals surface area contributed by atoms with Crippen LogP contribution in [0.1, 0.15) is 30.0 Å². The molecule has 1 heterocycles. The number of nitrogens with one attached hydrogen (secondary N) is 2. The number of rotatable bonds is 6. The molecule has 0 aliphatic heterocycles. The number of carbonyl (C=O) groups is 1. The zero-order chi connectivity index (χ0) is 15.2. The molecular formula is C16H20N2O3. The van der Waals surface area contributed by atoms with Gasteiger partial charge >= 0.3 is 5.97 Å². The highest BCUT2D eigenvalue weighted by Gasteiger charge is 2.07. The molecule has 1 aromatic carbocycles. The molecule has 1 aromatic heterocycles. The second-order valence-corrected chi connectivity index (χ2v) is 4.93. The van der Waals surface area contributed by atoms with Crippen LogP contribution in [-0.4, -0.2) is 24.2 Å². The van der Waals surface area contributed by atoms with Gasteiger partial charge in [0.15, 0.2) is 0 Å². The van der Waals surface area contributed by atoms with Crippen molar-refractivity contribution in [3.8, 4) is 5.75 Å². The first-order chi connectivity index (χ1) is 10.1. The van der Waals surface area contributed by atoms with Crippen molar-refractivity contribution in [2.75, 3.05) is 12.4 Å². The maximum Gasteiger partial charge on any atom is 0.354 e. The van der Waals surface area contributed by atoms with Crippen LogP contribution in [0.25, 0.3) is 0 Å². The zero-order valence-electron chi connectivity index (χ0n) is 12.5. The molecule has 0 saturated carbocycles. The van der Waals surface area contributed by atoms with Crippen molar-refractivity contribution < 1.29 is 14.3 Å². The normalized spacial score (nSPS) is 10.5. The Morgan fingerprint density at radius 2 is 1.90 bits per heavy atom. The number of aromatic amines is 1. The highest BCUT2D eigenvalue weighted by Crippen LogP contribution is 2.17. The second-order valence-electron chi connectivity index (χ2n) is 4.93. The van der Waals surface area contributed by atoms with Crippen LogP contribution < -0.4 is 10.1 Å². The van der Waals surface area contributed by atoms with Gasteiger partial charge in [0.25, 0.3) is 0 Å². The summed E-state index contributed by atoms with van der Waals surface area (Å²) in [6.07, 6.45) is 0.166. The predicted octanol–water partition coefficient (Wildman–Crippen LogP) is 3.20. The van der Waals surface area contributed by atoms with E-state index in [9.17, 15) is 4.79 Å². The highest BCUT2D eigenvalue weighted by molar-refractivity contribution is 5.87. The number of hydrogen-bond acceptors (Lipinski definition) is 4. The minimum absolute atomic E-state index is 0.166. The molecule has 5 heteroatoms. The second kappa shape index (κ2) is 6.83. The molecule has 2 aromatic rings. The lowest BCUT2D eigenvalue weighted by Crippen LogP contribution is -2.06. The van der Waals surface area contributed by atoms with E-state index in [4.69, 9.17) is 4.74 Å². The fourth-order valence-corrected chi connectivity index (χ4v) is 1.89. The van der Waals surface area contributed by atoms with Gasteiger partial charge in [0.2, 0.25) is 0 Å². The Kier molecular flexibility index (Phi) is 4.87. The number of esters is 1. The fourth-order valence-electron chi connectivity index (χ4n) is 1.89. The summed E-state index contributed by atoms with van der Waals surface area (Å²) < 4.78 is 10.2. The van der Waals surface area contributed by atoms with Crippen LogP contribution in [0.5, 0.6) is 5.75 Å². The van der Waals surface area contributed by atoms with Crippen LogP contribution in [0.3, 0.4) is 0 Å². The zero-order valence-corrected chi connectivity index (χ0v) is 12.5.